The molecule has 0 N–H and O–H groups in total. The molecule has 1 unspecified atom stereocenters. The smallest absolute Gasteiger partial charge is 0.274 e. The van der Waals surface area contributed by atoms with E-state index in [0.717, 1.165) is 19.5 Å². The van der Waals surface area contributed by atoms with E-state index in [0.29, 0.717) is 28.4 Å². The van der Waals surface area contributed by atoms with Gasteiger partial charge >= 0.3 is 0 Å². The lowest BCUT2D eigenvalue weighted by Crippen LogP contribution is -2.30. The fraction of sp³-hybridized carbons (Fsp3) is 0.667. The summed E-state index contributed by atoms with van der Waals surface area (Å²) in [5.74, 6) is 1.95. The van der Waals surface area contributed by atoms with Gasteiger partial charge in [0.2, 0.25) is 0 Å². The Hall–Kier alpha value is -1.16. The van der Waals surface area contributed by atoms with Crippen LogP contribution in [0.4, 0.5) is 0 Å². The molecule has 1 aliphatic rings. The first-order valence-electron chi connectivity index (χ1n) is 7.21. The number of likely N-dealkylation sites (tertiary alicyclic amines) is 1. The van der Waals surface area contributed by atoms with Crippen LogP contribution in [0.15, 0.2) is 6.20 Å². The van der Waals surface area contributed by atoms with Crippen molar-refractivity contribution in [3.8, 4) is 0 Å². The minimum absolute atomic E-state index is 0.0672. The van der Waals surface area contributed by atoms with Crippen LogP contribution in [-0.4, -0.2) is 33.9 Å². The van der Waals surface area contributed by atoms with Crippen molar-refractivity contribution in [3.05, 3.63) is 22.7 Å². The highest BCUT2D eigenvalue weighted by atomic mass is 35.5. The Morgan fingerprint density at radius 1 is 1.40 bits per heavy atom. The van der Waals surface area contributed by atoms with Gasteiger partial charge in [0.1, 0.15) is 5.82 Å². The molecular weight excluding hydrogens is 274 g/mol. The van der Waals surface area contributed by atoms with Crippen LogP contribution < -0.4 is 0 Å². The number of nitrogens with zero attached hydrogens (tertiary/aromatic N) is 3. The molecule has 0 aromatic carbocycles. The highest BCUT2D eigenvalue weighted by Crippen LogP contribution is 2.26. The largest absolute Gasteiger partial charge is 0.337 e. The van der Waals surface area contributed by atoms with Crippen molar-refractivity contribution in [2.75, 3.05) is 13.1 Å². The third-order valence-corrected chi connectivity index (χ3v) is 4.21. The van der Waals surface area contributed by atoms with Crippen LogP contribution in [0.5, 0.6) is 0 Å². The second-order valence-electron chi connectivity index (χ2n) is 6.12. The third-order valence-electron chi connectivity index (χ3n) is 3.94. The van der Waals surface area contributed by atoms with Crippen molar-refractivity contribution < 1.29 is 4.79 Å². The van der Waals surface area contributed by atoms with Gasteiger partial charge in [-0.25, -0.2) is 9.97 Å². The standard InChI is InChI=1S/C15H22ClN3O/c1-9(2)11-5-6-19(8-11)15(20)13-12(16)7-17-14(18-13)10(3)4/h7,9-11H,5-6,8H2,1-4H3. The van der Waals surface area contributed by atoms with Crippen molar-refractivity contribution in [2.24, 2.45) is 11.8 Å². The van der Waals surface area contributed by atoms with Crippen molar-refractivity contribution >= 4 is 17.5 Å². The molecule has 110 valence electrons. The predicted octanol–water partition coefficient (Wildman–Crippen LogP) is 3.37. The maximum Gasteiger partial charge on any atom is 0.274 e. The van der Waals surface area contributed by atoms with E-state index < -0.39 is 0 Å². The quantitative estimate of drug-likeness (QED) is 0.859. The number of carbonyl (C=O) groups is 1. The fourth-order valence-corrected chi connectivity index (χ4v) is 2.65. The Morgan fingerprint density at radius 3 is 2.65 bits per heavy atom. The van der Waals surface area contributed by atoms with E-state index in [2.05, 4.69) is 23.8 Å². The van der Waals surface area contributed by atoms with Gasteiger partial charge in [0.15, 0.2) is 5.69 Å². The SMILES string of the molecule is CC(C)c1ncc(Cl)c(C(=O)N2CCC(C(C)C)C2)n1. The molecule has 4 nitrogen and oxygen atoms in total. The summed E-state index contributed by atoms with van der Waals surface area (Å²) in [6.07, 6.45) is 2.59. The zero-order chi connectivity index (χ0) is 14.9. The Kier molecular flexibility index (Phi) is 4.63. The van der Waals surface area contributed by atoms with E-state index in [4.69, 9.17) is 11.6 Å². The number of halogens is 1. The highest BCUT2D eigenvalue weighted by Gasteiger charge is 2.30. The van der Waals surface area contributed by atoms with Crippen molar-refractivity contribution in [1.82, 2.24) is 14.9 Å². The van der Waals surface area contributed by atoms with Gasteiger partial charge < -0.3 is 4.90 Å². The van der Waals surface area contributed by atoms with E-state index in [1.807, 2.05) is 18.7 Å². The highest BCUT2D eigenvalue weighted by molar-refractivity contribution is 6.33. The van der Waals surface area contributed by atoms with Crippen molar-refractivity contribution in [2.45, 2.75) is 40.0 Å². The van der Waals surface area contributed by atoms with Crippen LogP contribution in [0.25, 0.3) is 0 Å². The summed E-state index contributed by atoms with van der Waals surface area (Å²) in [5, 5.41) is 0.340. The monoisotopic (exact) mass is 295 g/mol. The lowest BCUT2D eigenvalue weighted by molar-refractivity contribution is 0.0778. The van der Waals surface area contributed by atoms with Gasteiger partial charge in [-0.05, 0) is 18.3 Å². The minimum atomic E-state index is -0.0672. The average molecular weight is 296 g/mol. The number of amides is 1. The van der Waals surface area contributed by atoms with Crippen LogP contribution in [0.3, 0.4) is 0 Å². The van der Waals surface area contributed by atoms with E-state index >= 15 is 0 Å². The molecule has 0 spiro atoms. The maximum atomic E-state index is 12.6. The van der Waals surface area contributed by atoms with Gasteiger partial charge in [-0.3, -0.25) is 4.79 Å². The molecule has 0 bridgehead atoms. The summed E-state index contributed by atoms with van der Waals surface area (Å²) in [4.78, 5) is 23.0. The maximum absolute atomic E-state index is 12.6. The molecule has 0 radical (unpaired) electrons. The number of carbonyl (C=O) groups excluding carboxylic acids is 1. The normalized spacial score (nSPS) is 19.1. The Morgan fingerprint density at radius 2 is 2.10 bits per heavy atom. The Bertz CT molecular complexity index is 502. The number of hydrogen-bond acceptors (Lipinski definition) is 3. The zero-order valence-electron chi connectivity index (χ0n) is 12.6. The Balaban J connectivity index is 2.19. The van der Waals surface area contributed by atoms with Gasteiger partial charge in [0.25, 0.3) is 5.91 Å². The van der Waals surface area contributed by atoms with Crippen LogP contribution in [0.2, 0.25) is 5.02 Å². The van der Waals surface area contributed by atoms with E-state index in [1.165, 1.54) is 6.20 Å². The molecule has 20 heavy (non-hydrogen) atoms. The van der Waals surface area contributed by atoms with Gasteiger partial charge in [0.05, 0.1) is 11.2 Å². The molecular formula is C15H22ClN3O. The summed E-state index contributed by atoms with van der Waals surface area (Å²) in [6, 6.07) is 0. The summed E-state index contributed by atoms with van der Waals surface area (Å²) >= 11 is 6.10. The second kappa shape index (κ2) is 6.08. The molecule has 5 heteroatoms. The summed E-state index contributed by atoms with van der Waals surface area (Å²) in [7, 11) is 0. The van der Waals surface area contributed by atoms with Crippen molar-refractivity contribution in [1.29, 1.82) is 0 Å². The molecule has 0 aliphatic carbocycles. The molecule has 1 aromatic heterocycles. The number of aromatic nitrogens is 2. The molecule has 1 saturated heterocycles. The average Bonchev–Trinajstić information content (AvgIpc) is 2.88. The minimum Gasteiger partial charge on any atom is -0.337 e. The van der Waals surface area contributed by atoms with Crippen LogP contribution in [0.1, 0.15) is 56.3 Å². The molecule has 2 rings (SSSR count). The number of hydrogen-bond donors (Lipinski definition) is 0. The van der Waals surface area contributed by atoms with Gasteiger partial charge in [-0.2, -0.15) is 0 Å². The first-order chi connectivity index (χ1) is 9.40. The molecule has 1 aromatic rings. The van der Waals surface area contributed by atoms with E-state index in [9.17, 15) is 4.79 Å². The predicted molar refractivity (Wildman–Crippen MR) is 80.0 cm³/mol. The molecule has 1 amide bonds. The second-order valence-corrected chi connectivity index (χ2v) is 6.53. The number of rotatable bonds is 3. The third kappa shape index (κ3) is 3.11. The summed E-state index contributed by atoms with van der Waals surface area (Å²) < 4.78 is 0. The molecule has 1 atom stereocenters. The van der Waals surface area contributed by atoms with Gasteiger partial charge in [-0.1, -0.05) is 39.3 Å². The molecule has 2 heterocycles. The molecule has 0 saturated carbocycles. The summed E-state index contributed by atoms with van der Waals surface area (Å²) in [6.45, 7) is 10.00. The van der Waals surface area contributed by atoms with Crippen LogP contribution >= 0.6 is 11.6 Å². The lowest BCUT2D eigenvalue weighted by atomic mass is 9.95. The summed E-state index contributed by atoms with van der Waals surface area (Å²) in [5.41, 5.74) is 0.342. The van der Waals surface area contributed by atoms with Crippen LogP contribution in [-0.2, 0) is 0 Å². The topological polar surface area (TPSA) is 46.1 Å². The van der Waals surface area contributed by atoms with E-state index in [1.54, 1.807) is 0 Å². The van der Waals surface area contributed by atoms with Crippen molar-refractivity contribution in [3.63, 3.8) is 0 Å². The zero-order valence-corrected chi connectivity index (χ0v) is 13.3. The van der Waals surface area contributed by atoms with Gasteiger partial charge in [0, 0.05) is 19.0 Å². The molecule has 1 fully saturated rings. The fourth-order valence-electron chi connectivity index (χ4n) is 2.47. The van der Waals surface area contributed by atoms with Gasteiger partial charge in [-0.15, -0.1) is 0 Å². The Labute approximate surface area is 125 Å². The van der Waals surface area contributed by atoms with Crippen LogP contribution in [0, 0.1) is 11.8 Å². The molecule has 1 aliphatic heterocycles. The lowest BCUT2D eigenvalue weighted by Gasteiger charge is -2.18. The first-order valence-corrected chi connectivity index (χ1v) is 7.59. The van der Waals surface area contributed by atoms with E-state index in [-0.39, 0.29) is 11.8 Å². The first kappa shape index (κ1) is 15.2.